The second-order valence-electron chi connectivity index (χ2n) is 7.70. The normalized spacial score (nSPS) is 16.7. The first-order valence-electron chi connectivity index (χ1n) is 10.7. The maximum Gasteiger partial charge on any atom is 0.256 e. The molecule has 2 aliphatic rings. The summed E-state index contributed by atoms with van der Waals surface area (Å²) in [6.07, 6.45) is 4.97. The Bertz CT molecular complexity index is 1230. The number of phenolic OH excluding ortho intramolecular Hbond substituents is 2. The Kier molecular flexibility index (Phi) is 6.15. The van der Waals surface area contributed by atoms with Gasteiger partial charge in [0.15, 0.2) is 0 Å². The van der Waals surface area contributed by atoms with Crippen molar-refractivity contribution in [3.05, 3.63) is 84.5 Å². The molecule has 2 aliphatic heterocycles. The number of nitrogens with zero attached hydrogens (tertiary/aromatic N) is 4. The fourth-order valence-electron chi connectivity index (χ4n) is 3.87. The molecule has 2 aromatic carbocycles. The molecule has 0 spiro atoms. The molecule has 0 fully saturated rings. The second-order valence-corrected chi connectivity index (χ2v) is 8.66. The summed E-state index contributed by atoms with van der Waals surface area (Å²) in [5, 5.41) is 22.7. The van der Waals surface area contributed by atoms with E-state index < -0.39 is 0 Å². The van der Waals surface area contributed by atoms with Crippen molar-refractivity contribution >= 4 is 29.3 Å². The van der Waals surface area contributed by atoms with Gasteiger partial charge in [0.2, 0.25) is 5.95 Å². The van der Waals surface area contributed by atoms with Crippen LogP contribution >= 0.6 is 11.9 Å². The van der Waals surface area contributed by atoms with Gasteiger partial charge < -0.3 is 25.2 Å². The summed E-state index contributed by atoms with van der Waals surface area (Å²) < 4.78 is 9.05. The van der Waals surface area contributed by atoms with Gasteiger partial charge in [0, 0.05) is 43.0 Å². The summed E-state index contributed by atoms with van der Waals surface area (Å²) >= 11 is 1.49. The van der Waals surface area contributed by atoms with Crippen molar-refractivity contribution in [3.8, 4) is 11.5 Å². The first kappa shape index (κ1) is 21.9. The van der Waals surface area contributed by atoms with Crippen molar-refractivity contribution in [2.75, 3.05) is 25.5 Å². The Balaban J connectivity index is 1.31. The van der Waals surface area contributed by atoms with Crippen LogP contribution in [0.15, 0.2) is 78.2 Å². The summed E-state index contributed by atoms with van der Waals surface area (Å²) in [6, 6.07) is 16.0. The zero-order valence-electron chi connectivity index (χ0n) is 18.4. The average Bonchev–Trinajstić information content (AvgIpc) is 3.42. The van der Waals surface area contributed by atoms with Gasteiger partial charge in [-0.2, -0.15) is 0 Å². The Labute approximate surface area is 201 Å². The Morgan fingerprint density at radius 2 is 1.88 bits per heavy atom. The lowest BCUT2D eigenvalue weighted by Crippen LogP contribution is -2.33. The maximum absolute atomic E-state index is 10.0. The summed E-state index contributed by atoms with van der Waals surface area (Å²) in [6.45, 7) is 1.31. The van der Waals surface area contributed by atoms with E-state index in [0.29, 0.717) is 19.0 Å². The fraction of sp³-hybridized carbons (Fsp3) is 0.167. The molecule has 9 nitrogen and oxygen atoms in total. The van der Waals surface area contributed by atoms with Crippen LogP contribution in [0.2, 0.25) is 0 Å². The SMILES string of the molecule is CN1C(c2cccc(O)c2)=C(c2ccnc(NCCNSc3ccc(O)cc3)n2)N2C=COC12. The topological polar surface area (TPSA) is 106 Å². The minimum Gasteiger partial charge on any atom is -0.508 e. The minimum absolute atomic E-state index is 0.198. The van der Waals surface area contributed by atoms with Gasteiger partial charge >= 0.3 is 0 Å². The number of benzene rings is 2. The molecule has 174 valence electrons. The van der Waals surface area contributed by atoms with E-state index in [9.17, 15) is 10.2 Å². The van der Waals surface area contributed by atoms with Crippen LogP contribution in [0, 0.1) is 0 Å². The van der Waals surface area contributed by atoms with Crippen LogP contribution < -0.4 is 10.0 Å². The number of hydrogen-bond acceptors (Lipinski definition) is 10. The minimum atomic E-state index is -0.306. The van der Waals surface area contributed by atoms with Crippen molar-refractivity contribution in [2.45, 2.75) is 11.2 Å². The van der Waals surface area contributed by atoms with Crippen molar-refractivity contribution < 1.29 is 14.9 Å². The van der Waals surface area contributed by atoms with E-state index in [1.807, 2.05) is 53.4 Å². The monoisotopic (exact) mass is 476 g/mol. The summed E-state index contributed by atoms with van der Waals surface area (Å²) in [4.78, 5) is 14.2. The third-order valence-electron chi connectivity index (χ3n) is 5.38. The van der Waals surface area contributed by atoms with Gasteiger partial charge in [0.25, 0.3) is 6.35 Å². The van der Waals surface area contributed by atoms with Gasteiger partial charge in [0.05, 0.1) is 17.1 Å². The number of aromatic hydroxyl groups is 2. The molecule has 3 heterocycles. The lowest BCUT2D eigenvalue weighted by atomic mass is 10.1. The molecule has 1 aromatic heterocycles. The van der Waals surface area contributed by atoms with Crippen LogP contribution in [-0.4, -0.2) is 56.5 Å². The molecule has 3 aromatic rings. The molecule has 0 amide bonds. The smallest absolute Gasteiger partial charge is 0.256 e. The predicted octanol–water partition coefficient (Wildman–Crippen LogP) is 3.45. The number of rotatable bonds is 8. The fourth-order valence-corrected chi connectivity index (χ4v) is 4.51. The molecule has 1 unspecified atom stereocenters. The van der Waals surface area contributed by atoms with Crippen molar-refractivity contribution in [2.24, 2.45) is 0 Å². The van der Waals surface area contributed by atoms with Gasteiger partial charge in [-0.3, -0.25) is 9.62 Å². The third kappa shape index (κ3) is 4.45. The van der Waals surface area contributed by atoms with E-state index in [0.717, 1.165) is 27.5 Å². The van der Waals surface area contributed by atoms with E-state index >= 15 is 0 Å². The van der Waals surface area contributed by atoms with Crippen LogP contribution in [0.4, 0.5) is 5.95 Å². The lowest BCUT2D eigenvalue weighted by Gasteiger charge is -2.24. The number of phenols is 2. The van der Waals surface area contributed by atoms with E-state index in [4.69, 9.17) is 9.72 Å². The molecule has 1 atom stereocenters. The Hall–Kier alpha value is -3.89. The zero-order chi connectivity index (χ0) is 23.5. The molecule has 0 saturated carbocycles. The number of nitrogens with one attached hydrogen (secondary N) is 2. The maximum atomic E-state index is 10.0. The number of fused-ring (bicyclic) bond motifs is 1. The molecule has 0 saturated heterocycles. The van der Waals surface area contributed by atoms with Gasteiger partial charge in [0.1, 0.15) is 17.8 Å². The molecule has 0 radical (unpaired) electrons. The highest BCUT2D eigenvalue weighted by molar-refractivity contribution is 7.97. The average molecular weight is 477 g/mol. The van der Waals surface area contributed by atoms with Crippen LogP contribution in [0.1, 0.15) is 11.3 Å². The summed E-state index contributed by atoms with van der Waals surface area (Å²) in [7, 11) is 1.95. The largest absolute Gasteiger partial charge is 0.508 e. The molecule has 10 heteroatoms. The van der Waals surface area contributed by atoms with E-state index in [1.165, 1.54) is 11.9 Å². The molecule has 5 rings (SSSR count). The van der Waals surface area contributed by atoms with Crippen molar-refractivity contribution in [1.82, 2.24) is 24.5 Å². The Morgan fingerprint density at radius 3 is 2.71 bits per heavy atom. The number of aromatic nitrogens is 2. The van der Waals surface area contributed by atoms with Crippen molar-refractivity contribution in [3.63, 3.8) is 0 Å². The quantitative estimate of drug-likeness (QED) is 0.285. The van der Waals surface area contributed by atoms with E-state index in [-0.39, 0.29) is 17.9 Å². The molecular formula is C24H24N6O3S. The first-order chi connectivity index (χ1) is 16.6. The second kappa shape index (κ2) is 9.54. The van der Waals surface area contributed by atoms with E-state index in [1.54, 1.807) is 36.7 Å². The van der Waals surface area contributed by atoms with Crippen LogP contribution in [0.25, 0.3) is 11.4 Å². The van der Waals surface area contributed by atoms with Gasteiger partial charge in [-0.1, -0.05) is 12.1 Å². The van der Waals surface area contributed by atoms with Gasteiger partial charge in [-0.25, -0.2) is 9.97 Å². The van der Waals surface area contributed by atoms with Crippen LogP contribution in [-0.2, 0) is 4.74 Å². The highest BCUT2D eigenvalue weighted by Gasteiger charge is 2.40. The first-order valence-corrected chi connectivity index (χ1v) is 11.5. The molecular weight excluding hydrogens is 452 g/mol. The molecule has 0 bridgehead atoms. The standard InChI is InChI=1S/C24H24N6O3S/c1-29-21(16-3-2-4-18(32)15-16)22(30-13-14-33-24(29)30)20-9-10-25-23(28-20)26-11-12-27-34-19-7-5-17(31)6-8-19/h2-10,13-15,24,27,31-32H,11-12H2,1H3,(H,25,26,28). The van der Waals surface area contributed by atoms with Crippen LogP contribution in [0.5, 0.6) is 11.5 Å². The highest BCUT2D eigenvalue weighted by atomic mass is 32.2. The molecule has 34 heavy (non-hydrogen) atoms. The third-order valence-corrected chi connectivity index (χ3v) is 6.24. The van der Waals surface area contributed by atoms with Crippen molar-refractivity contribution in [1.29, 1.82) is 0 Å². The van der Waals surface area contributed by atoms with Gasteiger partial charge in [-0.15, -0.1) is 0 Å². The zero-order valence-corrected chi connectivity index (χ0v) is 19.2. The summed E-state index contributed by atoms with van der Waals surface area (Å²) in [5.41, 5.74) is 3.39. The highest BCUT2D eigenvalue weighted by Crippen LogP contribution is 2.42. The molecule has 0 aliphatic carbocycles. The van der Waals surface area contributed by atoms with Crippen LogP contribution in [0.3, 0.4) is 0 Å². The molecule has 4 N–H and O–H groups in total. The van der Waals surface area contributed by atoms with E-state index in [2.05, 4.69) is 15.0 Å². The van der Waals surface area contributed by atoms with Gasteiger partial charge in [-0.05, 0) is 54.4 Å². The Morgan fingerprint density at radius 1 is 1.03 bits per heavy atom. The number of anilines is 1. The lowest BCUT2D eigenvalue weighted by molar-refractivity contribution is 0.00736. The summed E-state index contributed by atoms with van der Waals surface area (Å²) in [5.74, 6) is 0.969. The number of hydrogen-bond donors (Lipinski definition) is 4. The number of ether oxygens (including phenoxy) is 1. The predicted molar refractivity (Wildman–Crippen MR) is 131 cm³/mol.